The Morgan fingerprint density at radius 1 is 1.26 bits per heavy atom. The number of para-hydroxylation sites is 1. The fourth-order valence-corrected chi connectivity index (χ4v) is 4.08. The highest BCUT2D eigenvalue weighted by molar-refractivity contribution is 7.09. The van der Waals surface area contributed by atoms with Crippen LogP contribution in [0.25, 0.3) is 6.08 Å². The quantitative estimate of drug-likeness (QED) is 0.506. The topological polar surface area (TPSA) is 42.4 Å². The van der Waals surface area contributed by atoms with Crippen LogP contribution in [0, 0.1) is 6.92 Å². The molecule has 0 aliphatic heterocycles. The van der Waals surface area contributed by atoms with Gasteiger partial charge in [0.05, 0.1) is 10.7 Å². The van der Waals surface area contributed by atoms with Gasteiger partial charge in [-0.15, -0.1) is 11.3 Å². The molecule has 0 saturated heterocycles. The number of thiazole rings is 1. The molecule has 1 amide bonds. The van der Waals surface area contributed by atoms with E-state index in [-0.39, 0.29) is 5.91 Å². The summed E-state index contributed by atoms with van der Waals surface area (Å²) in [4.78, 5) is 18.9. The molecule has 1 heterocycles. The van der Waals surface area contributed by atoms with E-state index in [0.717, 1.165) is 34.9 Å². The minimum Gasteiger partial charge on any atom is -0.487 e. The van der Waals surface area contributed by atoms with Crippen LogP contribution in [0.3, 0.4) is 0 Å². The predicted molar refractivity (Wildman–Crippen MR) is 111 cm³/mol. The molecule has 5 heteroatoms. The van der Waals surface area contributed by atoms with E-state index in [4.69, 9.17) is 4.74 Å². The highest BCUT2D eigenvalue weighted by Crippen LogP contribution is 2.23. The van der Waals surface area contributed by atoms with Crippen LogP contribution in [0.15, 0.2) is 35.7 Å². The van der Waals surface area contributed by atoms with Gasteiger partial charge in [0.1, 0.15) is 12.4 Å². The van der Waals surface area contributed by atoms with Crippen molar-refractivity contribution in [2.24, 2.45) is 0 Å². The number of amides is 1. The van der Waals surface area contributed by atoms with E-state index in [1.54, 1.807) is 17.4 Å². The summed E-state index contributed by atoms with van der Waals surface area (Å²) in [5, 5.41) is 3.05. The third-order valence-corrected chi connectivity index (χ3v) is 5.91. The van der Waals surface area contributed by atoms with E-state index in [1.165, 1.54) is 25.7 Å². The number of carbonyl (C=O) groups excluding carboxylic acids is 1. The molecule has 1 fully saturated rings. The number of likely N-dealkylation sites (N-methyl/N-ethyl adjacent to an activating group) is 1. The normalized spacial score (nSPS) is 15.6. The number of rotatable bonds is 6. The number of hydrogen-bond acceptors (Lipinski definition) is 4. The van der Waals surface area contributed by atoms with Gasteiger partial charge in [0.25, 0.3) is 0 Å². The molecule has 0 unspecified atom stereocenters. The lowest BCUT2D eigenvalue weighted by Crippen LogP contribution is -2.35. The van der Waals surface area contributed by atoms with Crippen molar-refractivity contribution < 1.29 is 9.53 Å². The smallest absolute Gasteiger partial charge is 0.246 e. The number of ether oxygens (including phenoxy) is 1. The van der Waals surface area contributed by atoms with E-state index in [0.29, 0.717) is 12.6 Å². The van der Waals surface area contributed by atoms with Crippen molar-refractivity contribution in [1.82, 2.24) is 9.88 Å². The van der Waals surface area contributed by atoms with Crippen molar-refractivity contribution in [3.8, 4) is 5.75 Å². The van der Waals surface area contributed by atoms with E-state index < -0.39 is 0 Å². The summed E-state index contributed by atoms with van der Waals surface area (Å²) < 4.78 is 5.93. The standard InChI is InChI=1S/C22H28N2O2S/c1-17-23-19(16-27-17)15-26-21-12-8-7-9-18(21)13-14-22(25)24(2)20-10-5-3-4-6-11-20/h7-9,12-14,16,20H,3-6,10-11,15H2,1-2H3/b14-13+. The van der Waals surface area contributed by atoms with Gasteiger partial charge in [0.15, 0.2) is 0 Å². The Morgan fingerprint density at radius 2 is 2.00 bits per heavy atom. The molecule has 1 saturated carbocycles. The van der Waals surface area contributed by atoms with E-state index in [1.807, 2.05) is 54.6 Å². The van der Waals surface area contributed by atoms with Crippen LogP contribution >= 0.6 is 11.3 Å². The van der Waals surface area contributed by atoms with Crippen LogP contribution in [0.1, 0.15) is 54.8 Å². The highest BCUT2D eigenvalue weighted by Gasteiger charge is 2.19. The van der Waals surface area contributed by atoms with Crippen molar-refractivity contribution in [1.29, 1.82) is 0 Å². The van der Waals surface area contributed by atoms with Gasteiger partial charge in [-0.1, -0.05) is 43.9 Å². The van der Waals surface area contributed by atoms with Crippen LogP contribution in [0.5, 0.6) is 5.75 Å². The van der Waals surface area contributed by atoms with E-state index in [9.17, 15) is 4.79 Å². The van der Waals surface area contributed by atoms with Crippen molar-refractivity contribution in [3.63, 3.8) is 0 Å². The summed E-state index contributed by atoms with van der Waals surface area (Å²) in [6.07, 6.45) is 10.8. The molecule has 0 N–H and O–H groups in total. The van der Waals surface area contributed by atoms with E-state index in [2.05, 4.69) is 4.98 Å². The third-order valence-electron chi connectivity index (χ3n) is 5.09. The van der Waals surface area contributed by atoms with Crippen molar-refractivity contribution >= 4 is 23.3 Å². The summed E-state index contributed by atoms with van der Waals surface area (Å²) in [6.45, 7) is 2.42. The summed E-state index contributed by atoms with van der Waals surface area (Å²) in [5.74, 6) is 0.830. The minimum atomic E-state index is 0.0619. The third kappa shape index (κ3) is 5.67. The molecule has 1 aromatic heterocycles. The second kappa shape index (κ2) is 9.70. The Morgan fingerprint density at radius 3 is 2.70 bits per heavy atom. The first kappa shape index (κ1) is 19.6. The van der Waals surface area contributed by atoms with Crippen molar-refractivity contribution in [3.05, 3.63) is 52.0 Å². The first-order valence-electron chi connectivity index (χ1n) is 9.71. The van der Waals surface area contributed by atoms with Crippen molar-refractivity contribution in [2.45, 2.75) is 58.1 Å². The molecule has 2 aromatic rings. The number of nitrogens with zero attached hydrogens (tertiary/aromatic N) is 2. The fraction of sp³-hybridized carbons (Fsp3) is 0.455. The Balaban J connectivity index is 1.62. The molecule has 1 aliphatic carbocycles. The largest absolute Gasteiger partial charge is 0.487 e. The lowest BCUT2D eigenvalue weighted by Gasteiger charge is -2.26. The second-order valence-electron chi connectivity index (χ2n) is 7.11. The van der Waals surface area contributed by atoms with Crippen LogP contribution in [0.2, 0.25) is 0 Å². The van der Waals surface area contributed by atoms with Gasteiger partial charge in [-0.3, -0.25) is 4.79 Å². The molecule has 0 radical (unpaired) electrons. The number of hydrogen-bond donors (Lipinski definition) is 0. The van der Waals surface area contributed by atoms with Gasteiger partial charge in [-0.25, -0.2) is 4.98 Å². The highest BCUT2D eigenvalue weighted by atomic mass is 32.1. The number of aromatic nitrogens is 1. The first-order valence-corrected chi connectivity index (χ1v) is 10.6. The minimum absolute atomic E-state index is 0.0619. The molecular formula is C22H28N2O2S. The Labute approximate surface area is 165 Å². The molecule has 3 rings (SSSR count). The monoisotopic (exact) mass is 384 g/mol. The molecule has 0 atom stereocenters. The van der Waals surface area contributed by atoms with Crippen LogP contribution in [0.4, 0.5) is 0 Å². The average molecular weight is 385 g/mol. The average Bonchev–Trinajstić information content (AvgIpc) is 2.93. The maximum absolute atomic E-state index is 12.6. The summed E-state index contributed by atoms with van der Waals surface area (Å²) in [5.41, 5.74) is 1.84. The zero-order valence-corrected chi connectivity index (χ0v) is 17.0. The van der Waals surface area contributed by atoms with Gasteiger partial charge in [-0.05, 0) is 31.9 Å². The summed E-state index contributed by atoms with van der Waals surface area (Å²) in [6, 6.07) is 8.16. The number of carbonyl (C=O) groups is 1. The predicted octanol–water partition coefficient (Wildman–Crippen LogP) is 5.22. The Hall–Kier alpha value is -2.14. The molecule has 144 valence electrons. The first-order chi connectivity index (χ1) is 13.1. The molecule has 0 spiro atoms. The lowest BCUT2D eigenvalue weighted by atomic mass is 10.1. The van der Waals surface area contributed by atoms with Gasteiger partial charge < -0.3 is 9.64 Å². The maximum Gasteiger partial charge on any atom is 0.246 e. The Kier molecular flexibility index (Phi) is 7.04. The zero-order chi connectivity index (χ0) is 19.1. The molecule has 27 heavy (non-hydrogen) atoms. The number of aryl methyl sites for hydroxylation is 1. The summed E-state index contributed by atoms with van der Waals surface area (Å²) in [7, 11) is 1.93. The van der Waals surface area contributed by atoms with Crippen LogP contribution < -0.4 is 4.74 Å². The molecule has 4 nitrogen and oxygen atoms in total. The maximum atomic E-state index is 12.6. The van der Waals surface area contributed by atoms with Gasteiger partial charge in [0, 0.05) is 30.1 Å². The SMILES string of the molecule is Cc1nc(COc2ccccc2/C=C/C(=O)N(C)C2CCCCCC2)cs1. The van der Waals surface area contributed by atoms with Crippen molar-refractivity contribution in [2.75, 3.05) is 7.05 Å². The van der Waals surface area contributed by atoms with Crippen LogP contribution in [-0.4, -0.2) is 28.9 Å². The molecule has 1 aliphatic rings. The number of benzene rings is 1. The van der Waals surface area contributed by atoms with E-state index >= 15 is 0 Å². The van der Waals surface area contributed by atoms with Gasteiger partial charge >= 0.3 is 0 Å². The Bertz CT molecular complexity index is 776. The van der Waals surface area contributed by atoms with Gasteiger partial charge in [0.2, 0.25) is 5.91 Å². The molecule has 0 bridgehead atoms. The second-order valence-corrected chi connectivity index (χ2v) is 8.17. The molecular weight excluding hydrogens is 356 g/mol. The lowest BCUT2D eigenvalue weighted by molar-refractivity contribution is -0.126. The van der Waals surface area contributed by atoms with Crippen LogP contribution in [-0.2, 0) is 11.4 Å². The summed E-state index contributed by atoms with van der Waals surface area (Å²) >= 11 is 1.62. The zero-order valence-electron chi connectivity index (χ0n) is 16.2. The fourth-order valence-electron chi connectivity index (χ4n) is 3.48. The molecule has 1 aromatic carbocycles. The van der Waals surface area contributed by atoms with Gasteiger partial charge in [-0.2, -0.15) is 0 Å².